The molecule has 2 nitrogen and oxygen atoms in total. The summed E-state index contributed by atoms with van der Waals surface area (Å²) in [6.07, 6.45) is 14.3. The molecular weight excluding hydrogens is 256 g/mol. The topological polar surface area (TPSA) is 24.9 Å². The van der Waals surface area contributed by atoms with Gasteiger partial charge in [0, 0.05) is 24.4 Å². The number of rotatable bonds is 8. The number of pyridine rings is 1. The minimum absolute atomic E-state index is 0.599. The summed E-state index contributed by atoms with van der Waals surface area (Å²) in [6.45, 7) is 5.48. The largest absolute Gasteiger partial charge is 0.314 e. The van der Waals surface area contributed by atoms with Crippen molar-refractivity contribution in [3.8, 4) is 0 Å². The Kier molecular flexibility index (Phi) is 7.21. The summed E-state index contributed by atoms with van der Waals surface area (Å²) < 4.78 is 0. The van der Waals surface area contributed by atoms with Gasteiger partial charge in [-0.15, -0.1) is 0 Å². The van der Waals surface area contributed by atoms with Gasteiger partial charge in [0.05, 0.1) is 0 Å². The maximum absolute atomic E-state index is 4.58. The average Bonchev–Trinajstić information content (AvgIpc) is 2.53. The van der Waals surface area contributed by atoms with E-state index in [2.05, 4.69) is 36.3 Å². The summed E-state index contributed by atoms with van der Waals surface area (Å²) in [5, 5.41) is 3.73. The molecule has 1 aliphatic carbocycles. The van der Waals surface area contributed by atoms with E-state index >= 15 is 0 Å². The fourth-order valence-electron chi connectivity index (χ4n) is 3.41. The molecule has 118 valence electrons. The van der Waals surface area contributed by atoms with E-state index in [0.29, 0.717) is 6.04 Å². The van der Waals surface area contributed by atoms with Gasteiger partial charge in [-0.05, 0) is 50.3 Å². The minimum Gasteiger partial charge on any atom is -0.314 e. The molecule has 0 aromatic carbocycles. The van der Waals surface area contributed by atoms with E-state index in [0.717, 1.165) is 18.9 Å². The highest BCUT2D eigenvalue weighted by Gasteiger charge is 2.16. The molecule has 0 saturated heterocycles. The van der Waals surface area contributed by atoms with Crippen LogP contribution in [0, 0.1) is 12.8 Å². The fraction of sp³-hybridized carbons (Fsp3) is 0.737. The maximum atomic E-state index is 4.58. The predicted molar refractivity (Wildman–Crippen MR) is 90.6 cm³/mol. The van der Waals surface area contributed by atoms with Crippen LogP contribution in [0.15, 0.2) is 18.3 Å². The number of aryl methyl sites for hydroxylation is 1. The Morgan fingerprint density at radius 2 is 2.05 bits per heavy atom. The quantitative estimate of drug-likeness (QED) is 0.752. The van der Waals surface area contributed by atoms with E-state index in [1.165, 1.54) is 62.6 Å². The second-order valence-corrected chi connectivity index (χ2v) is 6.76. The standard InChI is InChI=1S/C19H32N2/c1-3-13-20-18(12-10-17-7-5-4-6-8-17)14-19-11-9-16(2)15-21-19/h9,11,15,17-18,20H,3-8,10,12-14H2,1-2H3. The second kappa shape index (κ2) is 9.19. The first-order valence-corrected chi connectivity index (χ1v) is 8.93. The first kappa shape index (κ1) is 16.5. The monoisotopic (exact) mass is 288 g/mol. The van der Waals surface area contributed by atoms with Crippen molar-refractivity contribution in [2.24, 2.45) is 5.92 Å². The lowest BCUT2D eigenvalue weighted by atomic mass is 9.85. The van der Waals surface area contributed by atoms with E-state index in [-0.39, 0.29) is 0 Å². The normalized spacial score (nSPS) is 17.8. The molecule has 1 aliphatic rings. The van der Waals surface area contributed by atoms with Crippen LogP contribution in [0.5, 0.6) is 0 Å². The molecule has 1 heterocycles. The molecule has 1 atom stereocenters. The van der Waals surface area contributed by atoms with E-state index in [1.54, 1.807) is 0 Å². The zero-order chi connectivity index (χ0) is 14.9. The van der Waals surface area contributed by atoms with Crippen molar-refractivity contribution in [3.05, 3.63) is 29.6 Å². The zero-order valence-corrected chi connectivity index (χ0v) is 13.9. The molecule has 1 aromatic rings. The SMILES string of the molecule is CCCNC(CCC1CCCCC1)Cc1ccc(C)cn1. The number of nitrogens with zero attached hydrogens (tertiary/aromatic N) is 1. The lowest BCUT2D eigenvalue weighted by Gasteiger charge is -2.25. The molecule has 0 bridgehead atoms. The number of aromatic nitrogens is 1. The molecule has 1 unspecified atom stereocenters. The Bertz CT molecular complexity index is 379. The van der Waals surface area contributed by atoms with Crippen LogP contribution in [-0.4, -0.2) is 17.6 Å². The van der Waals surface area contributed by atoms with Crippen molar-refractivity contribution < 1.29 is 0 Å². The summed E-state index contributed by atoms with van der Waals surface area (Å²) in [4.78, 5) is 4.58. The molecule has 2 heteroatoms. The van der Waals surface area contributed by atoms with Crippen LogP contribution < -0.4 is 5.32 Å². The van der Waals surface area contributed by atoms with Gasteiger partial charge in [0.25, 0.3) is 0 Å². The lowest BCUT2D eigenvalue weighted by molar-refractivity contribution is 0.312. The van der Waals surface area contributed by atoms with Crippen LogP contribution >= 0.6 is 0 Å². The van der Waals surface area contributed by atoms with Gasteiger partial charge >= 0.3 is 0 Å². The van der Waals surface area contributed by atoms with Crippen LogP contribution in [0.4, 0.5) is 0 Å². The molecule has 0 aliphatic heterocycles. The summed E-state index contributed by atoms with van der Waals surface area (Å²) in [6, 6.07) is 4.97. The van der Waals surface area contributed by atoms with Crippen LogP contribution in [0.1, 0.15) is 69.5 Å². The maximum Gasteiger partial charge on any atom is 0.0419 e. The van der Waals surface area contributed by atoms with Gasteiger partial charge < -0.3 is 5.32 Å². The van der Waals surface area contributed by atoms with E-state index < -0.39 is 0 Å². The molecule has 21 heavy (non-hydrogen) atoms. The number of hydrogen-bond acceptors (Lipinski definition) is 2. The van der Waals surface area contributed by atoms with Gasteiger partial charge in [0.15, 0.2) is 0 Å². The Labute approximate surface area is 130 Å². The van der Waals surface area contributed by atoms with Crippen molar-refractivity contribution in [2.75, 3.05) is 6.54 Å². The molecule has 0 spiro atoms. The molecule has 1 fully saturated rings. The van der Waals surface area contributed by atoms with Crippen molar-refractivity contribution >= 4 is 0 Å². The van der Waals surface area contributed by atoms with Crippen LogP contribution in [0.3, 0.4) is 0 Å². The second-order valence-electron chi connectivity index (χ2n) is 6.76. The first-order valence-electron chi connectivity index (χ1n) is 8.93. The van der Waals surface area contributed by atoms with Crippen molar-refractivity contribution in [1.29, 1.82) is 0 Å². The predicted octanol–water partition coefficient (Wildman–Crippen LogP) is 4.66. The van der Waals surface area contributed by atoms with E-state index in [9.17, 15) is 0 Å². The van der Waals surface area contributed by atoms with Gasteiger partial charge in [0.2, 0.25) is 0 Å². The van der Waals surface area contributed by atoms with Crippen LogP contribution in [0.2, 0.25) is 0 Å². The van der Waals surface area contributed by atoms with Gasteiger partial charge in [-0.1, -0.05) is 45.1 Å². The van der Waals surface area contributed by atoms with E-state index in [4.69, 9.17) is 0 Å². The average molecular weight is 288 g/mol. The summed E-state index contributed by atoms with van der Waals surface area (Å²) in [7, 11) is 0. The molecule has 2 rings (SSSR count). The Morgan fingerprint density at radius 1 is 1.24 bits per heavy atom. The summed E-state index contributed by atoms with van der Waals surface area (Å²) in [5.74, 6) is 0.982. The van der Waals surface area contributed by atoms with Crippen molar-refractivity contribution in [1.82, 2.24) is 10.3 Å². The molecule has 0 amide bonds. The lowest BCUT2D eigenvalue weighted by Crippen LogP contribution is -2.32. The minimum atomic E-state index is 0.599. The van der Waals surface area contributed by atoms with E-state index in [1.807, 2.05) is 6.20 Å². The van der Waals surface area contributed by atoms with Crippen LogP contribution in [-0.2, 0) is 6.42 Å². The highest BCUT2D eigenvalue weighted by molar-refractivity contribution is 5.13. The van der Waals surface area contributed by atoms with Crippen molar-refractivity contribution in [3.63, 3.8) is 0 Å². The first-order chi connectivity index (χ1) is 10.3. The summed E-state index contributed by atoms with van der Waals surface area (Å²) in [5.41, 5.74) is 2.48. The smallest absolute Gasteiger partial charge is 0.0419 e. The highest BCUT2D eigenvalue weighted by Crippen LogP contribution is 2.28. The molecule has 1 aromatic heterocycles. The Hall–Kier alpha value is -0.890. The van der Waals surface area contributed by atoms with Gasteiger partial charge in [-0.2, -0.15) is 0 Å². The van der Waals surface area contributed by atoms with Crippen molar-refractivity contribution in [2.45, 2.75) is 77.7 Å². The van der Waals surface area contributed by atoms with Gasteiger partial charge in [-0.25, -0.2) is 0 Å². The Morgan fingerprint density at radius 3 is 2.71 bits per heavy atom. The van der Waals surface area contributed by atoms with Gasteiger partial charge in [-0.3, -0.25) is 4.98 Å². The third kappa shape index (κ3) is 6.17. The molecule has 1 saturated carbocycles. The number of nitrogens with one attached hydrogen (secondary N) is 1. The fourth-order valence-corrected chi connectivity index (χ4v) is 3.41. The summed E-state index contributed by atoms with van der Waals surface area (Å²) >= 11 is 0. The third-order valence-corrected chi connectivity index (χ3v) is 4.76. The zero-order valence-electron chi connectivity index (χ0n) is 13.9. The highest BCUT2D eigenvalue weighted by atomic mass is 14.9. The van der Waals surface area contributed by atoms with Gasteiger partial charge in [0.1, 0.15) is 0 Å². The van der Waals surface area contributed by atoms with Crippen LogP contribution in [0.25, 0.3) is 0 Å². The number of hydrogen-bond donors (Lipinski definition) is 1. The molecule has 1 N–H and O–H groups in total. The Balaban J connectivity index is 1.82. The molecule has 0 radical (unpaired) electrons. The third-order valence-electron chi connectivity index (χ3n) is 4.76. The molecular formula is C19H32N2.